The fraction of sp³-hybridized carbons (Fsp3) is 1.00. The van der Waals surface area contributed by atoms with Gasteiger partial charge in [0.25, 0.3) is 0 Å². The Morgan fingerprint density at radius 1 is 0.812 bits per heavy atom. The van der Waals surface area contributed by atoms with Crippen LogP contribution in [0.25, 0.3) is 0 Å². The summed E-state index contributed by atoms with van der Waals surface area (Å²) in [6.45, 7) is 0.761. The Labute approximate surface area is 98.1 Å². The van der Waals surface area contributed by atoms with E-state index >= 15 is 0 Å². The van der Waals surface area contributed by atoms with Crippen molar-refractivity contribution < 1.29 is 10.2 Å². The maximum Gasteiger partial charge on any atom is 0.0433 e. The highest BCUT2D eigenvalue weighted by Crippen LogP contribution is 2.63. The molecule has 0 spiro atoms. The molecule has 0 heterocycles. The van der Waals surface area contributed by atoms with E-state index in [1.165, 1.54) is 25.7 Å². The fourth-order valence-corrected chi connectivity index (χ4v) is 5.42. The second-order valence-electron chi connectivity index (χ2n) is 6.26. The average Bonchev–Trinajstić information content (AvgIpc) is 2.90. The summed E-state index contributed by atoms with van der Waals surface area (Å²) in [4.78, 5) is 0. The van der Waals surface area contributed by atoms with Gasteiger partial charge in [0.05, 0.1) is 0 Å². The van der Waals surface area contributed by atoms with Crippen molar-refractivity contribution in [3.05, 3.63) is 0 Å². The minimum absolute atomic E-state index is 0.380. The molecule has 2 bridgehead atoms. The van der Waals surface area contributed by atoms with E-state index < -0.39 is 0 Å². The largest absolute Gasteiger partial charge is 0.396 e. The van der Waals surface area contributed by atoms with Gasteiger partial charge >= 0.3 is 0 Å². The summed E-state index contributed by atoms with van der Waals surface area (Å²) in [6, 6.07) is 0. The Morgan fingerprint density at radius 2 is 1.56 bits per heavy atom. The highest BCUT2D eigenvalue weighted by atomic mass is 16.3. The van der Waals surface area contributed by atoms with E-state index in [0.29, 0.717) is 13.2 Å². The van der Waals surface area contributed by atoms with Crippen molar-refractivity contribution in [2.45, 2.75) is 38.5 Å². The van der Waals surface area contributed by atoms with Crippen molar-refractivity contribution >= 4 is 0 Å². The Morgan fingerprint density at radius 3 is 2.31 bits per heavy atom. The quantitative estimate of drug-likeness (QED) is 0.767. The third-order valence-electron chi connectivity index (χ3n) is 5.79. The molecular formula is C14H24O2. The molecule has 3 rings (SSSR count). The first-order valence-corrected chi connectivity index (χ1v) is 7.07. The molecular weight excluding hydrogens is 200 g/mol. The summed E-state index contributed by atoms with van der Waals surface area (Å²) >= 11 is 0. The summed E-state index contributed by atoms with van der Waals surface area (Å²) in [6.07, 6.45) is 7.63. The molecule has 0 saturated heterocycles. The van der Waals surface area contributed by atoms with Crippen molar-refractivity contribution in [2.75, 3.05) is 13.2 Å². The van der Waals surface area contributed by atoms with E-state index in [9.17, 15) is 0 Å². The number of aliphatic hydroxyl groups excluding tert-OH is 2. The molecule has 0 amide bonds. The molecule has 3 saturated carbocycles. The van der Waals surface area contributed by atoms with Crippen LogP contribution < -0.4 is 0 Å². The van der Waals surface area contributed by atoms with Crippen molar-refractivity contribution in [2.24, 2.45) is 35.5 Å². The Bertz CT molecular complexity index is 253. The Hall–Kier alpha value is -0.0800. The Balaban J connectivity index is 1.69. The van der Waals surface area contributed by atoms with Crippen LogP contribution in [0, 0.1) is 35.5 Å². The van der Waals surface area contributed by atoms with Crippen LogP contribution in [0.2, 0.25) is 0 Å². The monoisotopic (exact) mass is 224 g/mol. The molecule has 2 N–H and O–H groups in total. The van der Waals surface area contributed by atoms with Crippen LogP contribution in [0.4, 0.5) is 0 Å². The first-order chi connectivity index (χ1) is 7.85. The van der Waals surface area contributed by atoms with Crippen LogP contribution in [0.5, 0.6) is 0 Å². The van der Waals surface area contributed by atoms with E-state index in [0.717, 1.165) is 48.3 Å². The maximum atomic E-state index is 9.12. The summed E-state index contributed by atoms with van der Waals surface area (Å²) in [7, 11) is 0. The molecule has 6 atom stereocenters. The topological polar surface area (TPSA) is 40.5 Å². The van der Waals surface area contributed by atoms with E-state index in [2.05, 4.69) is 0 Å². The van der Waals surface area contributed by atoms with Gasteiger partial charge in [0.15, 0.2) is 0 Å². The zero-order chi connectivity index (χ0) is 11.1. The standard InChI is InChI=1S/C14H24O2/c15-5-3-9-1-2-12-13-8-11(14(9)12)7-10(13)4-6-16/h9-16H,1-8H2. The second kappa shape index (κ2) is 4.30. The maximum absolute atomic E-state index is 9.12. The van der Waals surface area contributed by atoms with Crippen LogP contribution in [0.1, 0.15) is 38.5 Å². The van der Waals surface area contributed by atoms with E-state index in [4.69, 9.17) is 10.2 Å². The molecule has 6 unspecified atom stereocenters. The normalized spacial score (nSPS) is 49.9. The minimum atomic E-state index is 0.380. The molecule has 3 aliphatic carbocycles. The average molecular weight is 224 g/mol. The van der Waals surface area contributed by atoms with E-state index in [-0.39, 0.29) is 0 Å². The van der Waals surface area contributed by atoms with Gasteiger partial charge in [-0.3, -0.25) is 0 Å². The molecule has 16 heavy (non-hydrogen) atoms. The lowest BCUT2D eigenvalue weighted by atomic mass is 9.72. The molecule has 2 heteroatoms. The summed E-state index contributed by atoms with van der Waals surface area (Å²) in [5.41, 5.74) is 0. The predicted octanol–water partition coefficient (Wildman–Crippen LogP) is 2.05. The van der Waals surface area contributed by atoms with Gasteiger partial charge in [-0.2, -0.15) is 0 Å². The highest BCUT2D eigenvalue weighted by molar-refractivity contribution is 5.05. The Kier molecular flexibility index (Phi) is 2.97. The number of rotatable bonds is 4. The highest BCUT2D eigenvalue weighted by Gasteiger charge is 2.56. The number of fused-ring (bicyclic) bond motifs is 5. The zero-order valence-electron chi connectivity index (χ0n) is 10.0. The smallest absolute Gasteiger partial charge is 0.0433 e. The first-order valence-electron chi connectivity index (χ1n) is 7.07. The molecule has 0 aromatic rings. The zero-order valence-corrected chi connectivity index (χ0v) is 10.0. The molecule has 0 aromatic carbocycles. The molecule has 2 nitrogen and oxygen atoms in total. The molecule has 0 aromatic heterocycles. The molecule has 3 fully saturated rings. The van der Waals surface area contributed by atoms with Crippen LogP contribution >= 0.6 is 0 Å². The van der Waals surface area contributed by atoms with Gasteiger partial charge in [0, 0.05) is 13.2 Å². The minimum Gasteiger partial charge on any atom is -0.396 e. The predicted molar refractivity (Wildman–Crippen MR) is 62.8 cm³/mol. The van der Waals surface area contributed by atoms with E-state index in [1.807, 2.05) is 0 Å². The van der Waals surface area contributed by atoms with Gasteiger partial charge in [-0.05, 0) is 74.0 Å². The van der Waals surface area contributed by atoms with Crippen LogP contribution in [0.3, 0.4) is 0 Å². The van der Waals surface area contributed by atoms with Gasteiger partial charge in [-0.15, -0.1) is 0 Å². The molecule has 0 aliphatic heterocycles. The van der Waals surface area contributed by atoms with Crippen molar-refractivity contribution in [1.82, 2.24) is 0 Å². The lowest BCUT2D eigenvalue weighted by molar-refractivity contribution is 0.124. The lowest BCUT2D eigenvalue weighted by Gasteiger charge is -2.33. The SMILES string of the molecule is OCCC1CC2CC1C1CCC(CCO)C21. The number of hydrogen-bond donors (Lipinski definition) is 2. The third kappa shape index (κ3) is 1.53. The summed E-state index contributed by atoms with van der Waals surface area (Å²) < 4.78 is 0. The van der Waals surface area contributed by atoms with Crippen molar-refractivity contribution in [1.29, 1.82) is 0 Å². The third-order valence-corrected chi connectivity index (χ3v) is 5.79. The van der Waals surface area contributed by atoms with Crippen molar-refractivity contribution in [3.8, 4) is 0 Å². The van der Waals surface area contributed by atoms with Gasteiger partial charge in [-0.25, -0.2) is 0 Å². The second-order valence-corrected chi connectivity index (χ2v) is 6.26. The summed E-state index contributed by atoms with van der Waals surface area (Å²) in [5.74, 6) is 5.39. The fourth-order valence-electron chi connectivity index (χ4n) is 5.42. The number of hydrogen-bond acceptors (Lipinski definition) is 2. The van der Waals surface area contributed by atoms with Crippen LogP contribution in [-0.2, 0) is 0 Å². The van der Waals surface area contributed by atoms with Crippen LogP contribution in [0.15, 0.2) is 0 Å². The molecule has 92 valence electrons. The van der Waals surface area contributed by atoms with Crippen molar-refractivity contribution in [3.63, 3.8) is 0 Å². The lowest BCUT2D eigenvalue weighted by Crippen LogP contribution is -2.28. The van der Waals surface area contributed by atoms with Gasteiger partial charge in [0.1, 0.15) is 0 Å². The van der Waals surface area contributed by atoms with Gasteiger partial charge in [-0.1, -0.05) is 0 Å². The first kappa shape index (κ1) is 11.0. The van der Waals surface area contributed by atoms with E-state index in [1.54, 1.807) is 0 Å². The number of aliphatic hydroxyl groups is 2. The van der Waals surface area contributed by atoms with Gasteiger partial charge in [0.2, 0.25) is 0 Å². The summed E-state index contributed by atoms with van der Waals surface area (Å²) in [5, 5.41) is 18.2. The van der Waals surface area contributed by atoms with Gasteiger partial charge < -0.3 is 10.2 Å². The van der Waals surface area contributed by atoms with Crippen LogP contribution in [-0.4, -0.2) is 23.4 Å². The molecule has 3 aliphatic rings. The molecule has 0 radical (unpaired) electrons.